The molecule has 0 radical (unpaired) electrons. The summed E-state index contributed by atoms with van der Waals surface area (Å²) in [5.74, 6) is 0.543. The summed E-state index contributed by atoms with van der Waals surface area (Å²) in [5.41, 5.74) is 1.45. The lowest BCUT2D eigenvalue weighted by Gasteiger charge is -2.22. The van der Waals surface area contributed by atoms with Gasteiger partial charge >= 0.3 is 0 Å². The Hall–Kier alpha value is -2.57. The first kappa shape index (κ1) is 18.2. The molecule has 1 N–H and O–H groups in total. The van der Waals surface area contributed by atoms with Gasteiger partial charge in [0.2, 0.25) is 5.91 Å². The van der Waals surface area contributed by atoms with E-state index in [0.717, 1.165) is 18.5 Å². The Morgan fingerprint density at radius 3 is 2.54 bits per heavy atom. The van der Waals surface area contributed by atoms with Gasteiger partial charge in [-0.15, -0.1) is 0 Å². The van der Waals surface area contributed by atoms with Crippen LogP contribution < -0.4 is 0 Å². The van der Waals surface area contributed by atoms with E-state index in [1.54, 1.807) is 4.90 Å². The second-order valence-corrected chi connectivity index (χ2v) is 7.26. The molecule has 3 heterocycles. The Bertz CT molecular complexity index is 735. The highest BCUT2D eigenvalue weighted by Gasteiger charge is 2.24. The van der Waals surface area contributed by atoms with Crippen molar-refractivity contribution in [3.63, 3.8) is 0 Å². The van der Waals surface area contributed by atoms with Crippen molar-refractivity contribution in [1.82, 2.24) is 24.6 Å². The van der Waals surface area contributed by atoms with E-state index in [2.05, 4.69) is 24.0 Å². The van der Waals surface area contributed by atoms with Crippen LogP contribution in [0.3, 0.4) is 0 Å². The molecule has 2 amide bonds. The summed E-state index contributed by atoms with van der Waals surface area (Å²) in [6.07, 6.45) is 5.43. The van der Waals surface area contributed by atoms with Crippen molar-refractivity contribution in [2.45, 2.75) is 33.2 Å². The molecule has 7 heteroatoms. The lowest BCUT2D eigenvalue weighted by Crippen LogP contribution is -2.38. The summed E-state index contributed by atoms with van der Waals surface area (Å²) in [4.78, 5) is 28.8. The Labute approximate surface area is 154 Å². The highest BCUT2D eigenvalue weighted by molar-refractivity contribution is 5.92. The minimum atomic E-state index is -0.0593. The zero-order valence-electron chi connectivity index (χ0n) is 15.5. The first-order chi connectivity index (χ1) is 12.5. The maximum absolute atomic E-state index is 12.7. The van der Waals surface area contributed by atoms with E-state index in [1.165, 1.54) is 0 Å². The fourth-order valence-corrected chi connectivity index (χ4v) is 3.28. The van der Waals surface area contributed by atoms with E-state index < -0.39 is 0 Å². The minimum absolute atomic E-state index is 0.0593. The van der Waals surface area contributed by atoms with Crippen molar-refractivity contribution in [2.24, 2.45) is 5.92 Å². The summed E-state index contributed by atoms with van der Waals surface area (Å²) in [6.45, 7) is 7.06. The molecule has 1 aliphatic heterocycles. The van der Waals surface area contributed by atoms with Gasteiger partial charge in [-0.1, -0.05) is 13.8 Å². The predicted molar refractivity (Wildman–Crippen MR) is 98.7 cm³/mol. The normalized spacial score (nSPS) is 15.3. The Balaban J connectivity index is 1.56. The number of carbonyl (C=O) groups is 2. The van der Waals surface area contributed by atoms with E-state index >= 15 is 0 Å². The van der Waals surface area contributed by atoms with E-state index in [0.29, 0.717) is 44.3 Å². The van der Waals surface area contributed by atoms with Crippen molar-refractivity contribution < 1.29 is 9.59 Å². The van der Waals surface area contributed by atoms with Crippen LogP contribution in [0.2, 0.25) is 0 Å². The first-order valence-electron chi connectivity index (χ1n) is 9.25. The Morgan fingerprint density at radius 1 is 1.12 bits per heavy atom. The Kier molecular flexibility index (Phi) is 5.75. The van der Waals surface area contributed by atoms with Crippen molar-refractivity contribution >= 4 is 11.8 Å². The van der Waals surface area contributed by atoms with Gasteiger partial charge in [-0.3, -0.25) is 14.7 Å². The average Bonchev–Trinajstić information content (AvgIpc) is 3.20. The third-order valence-electron chi connectivity index (χ3n) is 4.60. The maximum atomic E-state index is 12.7. The second kappa shape index (κ2) is 8.21. The zero-order valence-corrected chi connectivity index (χ0v) is 15.5. The molecule has 1 aliphatic rings. The van der Waals surface area contributed by atoms with Crippen molar-refractivity contribution in [3.05, 3.63) is 42.0 Å². The zero-order chi connectivity index (χ0) is 18.5. The molecule has 1 fully saturated rings. The number of aromatic nitrogens is 3. The topological polar surface area (TPSA) is 74.2 Å². The molecule has 0 saturated carbocycles. The number of H-pyrrole nitrogens is 1. The molecule has 0 bridgehead atoms. The SMILES string of the molecule is CC(C)Cc1cc(C(=O)N2CCCN(C(=O)Cn3cccc3)CC2)n[nH]1. The van der Waals surface area contributed by atoms with Crippen molar-refractivity contribution in [2.75, 3.05) is 26.2 Å². The summed E-state index contributed by atoms with van der Waals surface area (Å²) in [6, 6.07) is 5.67. The molecular formula is C19H27N5O2. The molecule has 26 heavy (non-hydrogen) atoms. The number of hydrogen-bond acceptors (Lipinski definition) is 3. The van der Waals surface area contributed by atoms with Gasteiger partial charge in [-0.2, -0.15) is 5.10 Å². The molecule has 3 rings (SSSR count). The quantitative estimate of drug-likeness (QED) is 0.886. The minimum Gasteiger partial charge on any atom is -0.345 e. The monoisotopic (exact) mass is 357 g/mol. The van der Waals surface area contributed by atoms with Crippen LogP contribution in [-0.4, -0.2) is 62.6 Å². The summed E-state index contributed by atoms with van der Waals surface area (Å²) in [5, 5.41) is 7.14. The van der Waals surface area contributed by atoms with Gasteiger partial charge in [0, 0.05) is 44.3 Å². The fraction of sp³-hybridized carbons (Fsp3) is 0.526. The molecule has 0 atom stereocenters. The van der Waals surface area contributed by atoms with Gasteiger partial charge in [0.25, 0.3) is 5.91 Å². The van der Waals surface area contributed by atoms with E-state index in [4.69, 9.17) is 0 Å². The lowest BCUT2D eigenvalue weighted by atomic mass is 10.1. The van der Waals surface area contributed by atoms with Crippen LogP contribution in [0.4, 0.5) is 0 Å². The summed E-state index contributed by atoms with van der Waals surface area (Å²) in [7, 11) is 0. The molecule has 0 spiro atoms. The highest BCUT2D eigenvalue weighted by Crippen LogP contribution is 2.12. The number of nitrogens with zero attached hydrogens (tertiary/aromatic N) is 4. The summed E-state index contributed by atoms with van der Waals surface area (Å²) >= 11 is 0. The van der Waals surface area contributed by atoms with Crippen LogP contribution in [0.1, 0.15) is 36.5 Å². The number of aromatic amines is 1. The molecule has 140 valence electrons. The summed E-state index contributed by atoms with van der Waals surface area (Å²) < 4.78 is 1.87. The molecule has 0 aliphatic carbocycles. The molecule has 7 nitrogen and oxygen atoms in total. The van der Waals surface area contributed by atoms with Gasteiger partial charge in [0.1, 0.15) is 12.2 Å². The Morgan fingerprint density at radius 2 is 1.81 bits per heavy atom. The predicted octanol–water partition coefficient (Wildman–Crippen LogP) is 1.78. The van der Waals surface area contributed by atoms with Gasteiger partial charge in [0.15, 0.2) is 0 Å². The largest absolute Gasteiger partial charge is 0.345 e. The molecule has 0 unspecified atom stereocenters. The van der Waals surface area contributed by atoms with Crippen LogP contribution in [0, 0.1) is 5.92 Å². The van der Waals surface area contributed by atoms with Gasteiger partial charge < -0.3 is 14.4 Å². The average molecular weight is 357 g/mol. The molecule has 0 aromatic carbocycles. The third-order valence-corrected chi connectivity index (χ3v) is 4.60. The van der Waals surface area contributed by atoms with Crippen LogP contribution in [-0.2, 0) is 17.8 Å². The van der Waals surface area contributed by atoms with Crippen LogP contribution in [0.15, 0.2) is 30.6 Å². The third kappa shape index (κ3) is 4.53. The van der Waals surface area contributed by atoms with Crippen LogP contribution >= 0.6 is 0 Å². The number of amides is 2. The first-order valence-corrected chi connectivity index (χ1v) is 9.25. The molecule has 1 saturated heterocycles. The van der Waals surface area contributed by atoms with Crippen LogP contribution in [0.5, 0.6) is 0 Å². The molecule has 2 aromatic rings. The van der Waals surface area contributed by atoms with Crippen molar-refractivity contribution in [3.8, 4) is 0 Å². The van der Waals surface area contributed by atoms with Crippen LogP contribution in [0.25, 0.3) is 0 Å². The van der Waals surface area contributed by atoms with Gasteiger partial charge in [-0.25, -0.2) is 0 Å². The molecular weight excluding hydrogens is 330 g/mol. The van der Waals surface area contributed by atoms with E-state index in [9.17, 15) is 9.59 Å². The maximum Gasteiger partial charge on any atom is 0.274 e. The number of hydrogen-bond donors (Lipinski definition) is 1. The number of nitrogens with one attached hydrogen (secondary N) is 1. The smallest absolute Gasteiger partial charge is 0.274 e. The fourth-order valence-electron chi connectivity index (χ4n) is 3.28. The standard InChI is InChI=1S/C19H27N5O2/c1-15(2)12-16-13-17(21-20-16)19(26)24-9-5-8-23(10-11-24)18(25)14-22-6-3-4-7-22/h3-4,6-7,13,15H,5,8-12,14H2,1-2H3,(H,20,21). The van der Waals surface area contributed by atoms with Gasteiger partial charge in [-0.05, 0) is 37.0 Å². The lowest BCUT2D eigenvalue weighted by molar-refractivity contribution is -0.131. The van der Waals surface area contributed by atoms with E-state index in [1.807, 2.05) is 40.1 Å². The van der Waals surface area contributed by atoms with E-state index in [-0.39, 0.29) is 11.8 Å². The second-order valence-electron chi connectivity index (χ2n) is 7.26. The highest BCUT2D eigenvalue weighted by atomic mass is 16.2. The molecule has 2 aromatic heterocycles. The van der Waals surface area contributed by atoms with Crippen molar-refractivity contribution in [1.29, 1.82) is 0 Å². The van der Waals surface area contributed by atoms with Gasteiger partial charge in [0.05, 0.1) is 0 Å². The number of rotatable bonds is 5. The number of carbonyl (C=O) groups excluding carboxylic acids is 2.